The molecule has 0 radical (unpaired) electrons. The fourth-order valence-corrected chi connectivity index (χ4v) is 2.45. The molecule has 0 bridgehead atoms. The van der Waals surface area contributed by atoms with Crippen molar-refractivity contribution in [1.29, 1.82) is 0 Å². The molecule has 3 rings (SSSR count). The Morgan fingerprint density at radius 1 is 1.05 bits per heavy atom. The number of nitrogens with zero attached hydrogens (tertiary/aromatic N) is 1. The number of likely N-dealkylation sites (N-methyl/N-ethyl adjacent to an activating group) is 1. The minimum absolute atomic E-state index is 0.271. The molecule has 2 aromatic carbocycles. The lowest BCUT2D eigenvalue weighted by Crippen LogP contribution is -2.24. The second-order valence-corrected chi connectivity index (χ2v) is 4.96. The minimum atomic E-state index is 0.271. The lowest BCUT2D eigenvalue weighted by atomic mass is 10.0. The molecule has 0 spiro atoms. The van der Waals surface area contributed by atoms with Crippen LogP contribution in [0.4, 0.5) is 0 Å². The zero-order valence-corrected chi connectivity index (χ0v) is 11.4. The molecule has 0 aromatic heterocycles. The summed E-state index contributed by atoms with van der Waals surface area (Å²) < 4.78 is 0. The number of allylic oxidation sites excluding steroid dienone is 2. The molecule has 2 heteroatoms. The van der Waals surface area contributed by atoms with Crippen LogP contribution in [0.15, 0.2) is 66.9 Å². The predicted molar refractivity (Wildman–Crippen MR) is 84.5 cm³/mol. The van der Waals surface area contributed by atoms with Gasteiger partial charge in [-0.1, -0.05) is 54.6 Å². The first-order valence-corrected chi connectivity index (χ1v) is 6.71. The van der Waals surface area contributed by atoms with E-state index < -0.39 is 0 Å². The van der Waals surface area contributed by atoms with E-state index in [9.17, 15) is 5.11 Å². The molecule has 0 saturated heterocycles. The van der Waals surface area contributed by atoms with Crippen molar-refractivity contribution < 1.29 is 5.11 Å². The SMILES string of the molecule is CN1C=CC=CC1/C=C/c1ccc(O)c2ccccc12. The lowest BCUT2D eigenvalue weighted by molar-refractivity contribution is 0.434. The maximum Gasteiger partial charge on any atom is 0.123 e. The standard InChI is InChI=1S/C18H17NO/c1-19-13-5-4-6-15(19)11-9-14-10-12-18(20)17-8-3-2-7-16(14)17/h2-13,15,20H,1H3/b11-9+. The zero-order valence-electron chi connectivity index (χ0n) is 11.4. The molecule has 100 valence electrons. The number of aromatic hydroxyl groups is 1. The third-order valence-electron chi connectivity index (χ3n) is 3.62. The van der Waals surface area contributed by atoms with E-state index in [1.807, 2.05) is 36.4 Å². The van der Waals surface area contributed by atoms with Crippen LogP contribution in [0.2, 0.25) is 0 Å². The van der Waals surface area contributed by atoms with Gasteiger partial charge in [0.25, 0.3) is 0 Å². The average molecular weight is 263 g/mol. The molecule has 0 amide bonds. The second-order valence-electron chi connectivity index (χ2n) is 4.96. The fraction of sp³-hybridized carbons (Fsp3) is 0.111. The Morgan fingerprint density at radius 3 is 2.65 bits per heavy atom. The molecular weight excluding hydrogens is 246 g/mol. The molecule has 1 heterocycles. The summed E-state index contributed by atoms with van der Waals surface area (Å²) in [7, 11) is 2.06. The highest BCUT2D eigenvalue weighted by Gasteiger charge is 2.07. The van der Waals surface area contributed by atoms with Crippen LogP contribution in [0.3, 0.4) is 0 Å². The third kappa shape index (κ3) is 2.32. The number of phenols is 1. The molecule has 1 N–H and O–H groups in total. The summed E-state index contributed by atoms with van der Waals surface area (Å²) in [6.07, 6.45) is 12.6. The summed E-state index contributed by atoms with van der Waals surface area (Å²) in [4.78, 5) is 2.15. The largest absolute Gasteiger partial charge is 0.507 e. The summed E-state index contributed by atoms with van der Waals surface area (Å²) >= 11 is 0. The van der Waals surface area contributed by atoms with Gasteiger partial charge in [0.05, 0.1) is 6.04 Å². The normalized spacial score (nSPS) is 18.2. The van der Waals surface area contributed by atoms with Crippen molar-refractivity contribution >= 4 is 16.8 Å². The van der Waals surface area contributed by atoms with Crippen LogP contribution in [-0.2, 0) is 0 Å². The first-order chi connectivity index (χ1) is 9.75. The van der Waals surface area contributed by atoms with Gasteiger partial charge in [-0.25, -0.2) is 0 Å². The van der Waals surface area contributed by atoms with Gasteiger partial charge in [-0.05, 0) is 29.3 Å². The van der Waals surface area contributed by atoms with E-state index in [1.165, 1.54) is 0 Å². The Morgan fingerprint density at radius 2 is 1.85 bits per heavy atom. The summed E-state index contributed by atoms with van der Waals surface area (Å²) in [6, 6.07) is 11.9. The molecule has 0 fully saturated rings. The monoisotopic (exact) mass is 263 g/mol. The zero-order chi connectivity index (χ0) is 13.9. The number of phenolic OH excluding ortho intramolecular Hbond substituents is 1. The number of rotatable bonds is 2. The van der Waals surface area contributed by atoms with E-state index in [0.717, 1.165) is 16.3 Å². The molecule has 1 aliphatic rings. The summed E-state index contributed by atoms with van der Waals surface area (Å²) in [5.74, 6) is 0.329. The molecular formula is C18H17NO. The van der Waals surface area contributed by atoms with Crippen LogP contribution in [0.1, 0.15) is 5.56 Å². The predicted octanol–water partition coefficient (Wildman–Crippen LogP) is 3.94. The highest BCUT2D eigenvalue weighted by molar-refractivity contribution is 5.94. The lowest BCUT2D eigenvalue weighted by Gasteiger charge is -2.23. The third-order valence-corrected chi connectivity index (χ3v) is 3.62. The number of hydrogen-bond acceptors (Lipinski definition) is 2. The Hall–Kier alpha value is -2.48. The van der Waals surface area contributed by atoms with Crippen molar-refractivity contribution in [3.05, 3.63) is 72.5 Å². The Kier molecular flexibility index (Phi) is 3.30. The Bertz CT molecular complexity index is 712. The van der Waals surface area contributed by atoms with Gasteiger partial charge in [-0.3, -0.25) is 0 Å². The van der Waals surface area contributed by atoms with Crippen molar-refractivity contribution in [3.8, 4) is 5.75 Å². The van der Waals surface area contributed by atoms with Gasteiger partial charge in [0.15, 0.2) is 0 Å². The van der Waals surface area contributed by atoms with Gasteiger partial charge in [-0.15, -0.1) is 0 Å². The molecule has 2 aromatic rings. The van der Waals surface area contributed by atoms with Gasteiger partial charge in [0, 0.05) is 12.4 Å². The van der Waals surface area contributed by atoms with Crippen LogP contribution in [0.5, 0.6) is 5.75 Å². The quantitative estimate of drug-likeness (QED) is 0.887. The first kappa shape index (κ1) is 12.5. The highest BCUT2D eigenvalue weighted by Crippen LogP contribution is 2.28. The van der Waals surface area contributed by atoms with Crippen molar-refractivity contribution in [3.63, 3.8) is 0 Å². The molecule has 2 nitrogen and oxygen atoms in total. The minimum Gasteiger partial charge on any atom is -0.507 e. The number of benzene rings is 2. The molecule has 1 atom stereocenters. The van der Waals surface area contributed by atoms with E-state index in [4.69, 9.17) is 0 Å². The maximum atomic E-state index is 9.90. The number of fused-ring (bicyclic) bond motifs is 1. The first-order valence-electron chi connectivity index (χ1n) is 6.71. The van der Waals surface area contributed by atoms with Gasteiger partial charge < -0.3 is 10.0 Å². The van der Waals surface area contributed by atoms with Crippen molar-refractivity contribution in [2.24, 2.45) is 0 Å². The molecule has 1 unspecified atom stereocenters. The maximum absolute atomic E-state index is 9.90. The van der Waals surface area contributed by atoms with Crippen LogP contribution in [-0.4, -0.2) is 23.1 Å². The highest BCUT2D eigenvalue weighted by atomic mass is 16.3. The van der Waals surface area contributed by atoms with E-state index in [1.54, 1.807) is 6.07 Å². The smallest absolute Gasteiger partial charge is 0.123 e. The topological polar surface area (TPSA) is 23.5 Å². The van der Waals surface area contributed by atoms with Gasteiger partial charge in [-0.2, -0.15) is 0 Å². The van der Waals surface area contributed by atoms with Crippen molar-refractivity contribution in [2.75, 3.05) is 7.05 Å². The molecule has 20 heavy (non-hydrogen) atoms. The van der Waals surface area contributed by atoms with Gasteiger partial charge in [0.1, 0.15) is 5.75 Å². The van der Waals surface area contributed by atoms with Crippen molar-refractivity contribution in [2.45, 2.75) is 6.04 Å². The van der Waals surface area contributed by atoms with Gasteiger partial charge >= 0.3 is 0 Å². The fourth-order valence-electron chi connectivity index (χ4n) is 2.45. The number of hydrogen-bond donors (Lipinski definition) is 1. The van der Waals surface area contributed by atoms with E-state index in [0.29, 0.717) is 5.75 Å². The van der Waals surface area contributed by atoms with Crippen molar-refractivity contribution in [1.82, 2.24) is 4.90 Å². The average Bonchev–Trinajstić information content (AvgIpc) is 2.48. The molecule has 0 aliphatic carbocycles. The van der Waals surface area contributed by atoms with Crippen LogP contribution in [0.25, 0.3) is 16.8 Å². The van der Waals surface area contributed by atoms with Crippen LogP contribution >= 0.6 is 0 Å². The molecule has 1 aliphatic heterocycles. The summed E-state index contributed by atoms with van der Waals surface area (Å²) in [5, 5.41) is 11.9. The van der Waals surface area contributed by atoms with E-state index >= 15 is 0 Å². The second kappa shape index (κ2) is 5.25. The van der Waals surface area contributed by atoms with E-state index in [-0.39, 0.29) is 6.04 Å². The van der Waals surface area contributed by atoms with Crippen LogP contribution < -0.4 is 0 Å². The molecule has 0 saturated carbocycles. The van der Waals surface area contributed by atoms with E-state index in [2.05, 4.69) is 42.5 Å². The Labute approximate surface area is 119 Å². The summed E-state index contributed by atoms with van der Waals surface area (Å²) in [6.45, 7) is 0. The summed E-state index contributed by atoms with van der Waals surface area (Å²) in [5.41, 5.74) is 1.12. The van der Waals surface area contributed by atoms with Crippen LogP contribution in [0, 0.1) is 0 Å². The Balaban J connectivity index is 1.97. The van der Waals surface area contributed by atoms with Gasteiger partial charge in [0.2, 0.25) is 0 Å².